The molecule has 1 amide bonds. The minimum absolute atomic E-state index is 0.292. The van der Waals surface area contributed by atoms with Crippen molar-refractivity contribution in [1.82, 2.24) is 0 Å². The van der Waals surface area contributed by atoms with Crippen molar-refractivity contribution in [1.29, 1.82) is 0 Å². The van der Waals surface area contributed by atoms with Crippen LogP contribution >= 0.6 is 0 Å². The molecule has 2 rings (SSSR count). The van der Waals surface area contributed by atoms with Gasteiger partial charge in [-0.2, -0.15) is 0 Å². The predicted octanol–water partition coefficient (Wildman–Crippen LogP) is 2.93. The molecular formula is C14H13F3N2O2. The molecular weight excluding hydrogens is 285 g/mol. The Kier molecular flexibility index (Phi) is 4.02. The molecule has 0 radical (unpaired) electrons. The standard InChI is InChI=1S/C14H13F3N2O2/c1-14(16,17)8-6-11(20)12(18-7-8)13(21)19-10-4-2-9(15)3-5-10/h2-6,8,20H,7H2,1H3,(H,19,21). The molecule has 1 atom stereocenters. The van der Waals surface area contributed by atoms with Crippen LogP contribution in [0.15, 0.2) is 41.1 Å². The maximum absolute atomic E-state index is 13.1. The van der Waals surface area contributed by atoms with E-state index in [1.807, 2.05) is 0 Å². The number of aliphatic imine (C=N–C) groups is 1. The summed E-state index contributed by atoms with van der Waals surface area (Å²) in [5, 5.41) is 12.1. The molecule has 1 aliphatic heterocycles. The molecule has 4 nitrogen and oxygen atoms in total. The molecule has 0 spiro atoms. The van der Waals surface area contributed by atoms with E-state index in [4.69, 9.17) is 0 Å². The van der Waals surface area contributed by atoms with Crippen LogP contribution in [0.25, 0.3) is 0 Å². The van der Waals surface area contributed by atoms with E-state index < -0.39 is 29.3 Å². The average molecular weight is 298 g/mol. The number of nitrogens with one attached hydrogen (secondary N) is 1. The highest BCUT2D eigenvalue weighted by Crippen LogP contribution is 2.28. The van der Waals surface area contributed by atoms with Crippen LogP contribution in [0.2, 0.25) is 0 Å². The van der Waals surface area contributed by atoms with Gasteiger partial charge in [0.15, 0.2) is 5.71 Å². The SMILES string of the molecule is CC(F)(F)C1C=C(O)C(C(=O)Nc2ccc(F)cc2)=NC1. The number of hydrogen-bond donors (Lipinski definition) is 2. The quantitative estimate of drug-likeness (QED) is 0.901. The first kappa shape index (κ1) is 15.1. The Bertz CT molecular complexity index is 604. The first-order valence-electron chi connectivity index (χ1n) is 6.17. The van der Waals surface area contributed by atoms with Crippen molar-refractivity contribution in [2.75, 3.05) is 11.9 Å². The Labute approximate surface area is 119 Å². The van der Waals surface area contributed by atoms with Crippen LogP contribution in [0.5, 0.6) is 0 Å². The molecule has 1 aromatic carbocycles. The summed E-state index contributed by atoms with van der Waals surface area (Å²) in [6.07, 6.45) is 0.923. The fourth-order valence-electron chi connectivity index (χ4n) is 1.81. The number of alkyl halides is 2. The minimum Gasteiger partial charge on any atom is -0.506 e. The summed E-state index contributed by atoms with van der Waals surface area (Å²) in [5.74, 6) is -6.07. The zero-order valence-electron chi connectivity index (χ0n) is 11.1. The van der Waals surface area contributed by atoms with Gasteiger partial charge in [0.05, 0.1) is 12.5 Å². The molecule has 112 valence electrons. The molecule has 0 saturated heterocycles. The number of benzene rings is 1. The molecule has 1 aliphatic rings. The number of rotatable bonds is 3. The summed E-state index contributed by atoms with van der Waals surface area (Å²) >= 11 is 0. The highest BCUT2D eigenvalue weighted by Gasteiger charge is 2.36. The van der Waals surface area contributed by atoms with E-state index in [9.17, 15) is 23.1 Å². The number of aliphatic hydroxyl groups is 1. The second-order valence-corrected chi connectivity index (χ2v) is 4.76. The number of nitrogens with zero attached hydrogens (tertiary/aromatic N) is 1. The minimum atomic E-state index is -3.03. The third kappa shape index (κ3) is 3.62. The third-order valence-corrected chi connectivity index (χ3v) is 3.02. The van der Waals surface area contributed by atoms with Crippen LogP contribution in [-0.2, 0) is 4.79 Å². The van der Waals surface area contributed by atoms with E-state index in [-0.39, 0.29) is 12.3 Å². The van der Waals surface area contributed by atoms with Crippen molar-refractivity contribution in [3.05, 3.63) is 41.9 Å². The van der Waals surface area contributed by atoms with E-state index in [1.54, 1.807) is 0 Å². The first-order chi connectivity index (χ1) is 9.77. The molecule has 0 aliphatic carbocycles. The number of dihydropyridines is 1. The number of aliphatic hydroxyl groups excluding tert-OH is 1. The second kappa shape index (κ2) is 5.59. The van der Waals surface area contributed by atoms with Crippen molar-refractivity contribution in [2.24, 2.45) is 10.9 Å². The molecule has 7 heteroatoms. The molecule has 1 heterocycles. The van der Waals surface area contributed by atoms with Crippen LogP contribution in [0.3, 0.4) is 0 Å². The fraction of sp³-hybridized carbons (Fsp3) is 0.286. The van der Waals surface area contributed by atoms with Crippen LogP contribution in [-0.4, -0.2) is 29.2 Å². The van der Waals surface area contributed by atoms with Crippen LogP contribution in [0.4, 0.5) is 18.9 Å². The van der Waals surface area contributed by atoms with Crippen molar-refractivity contribution in [3.63, 3.8) is 0 Å². The number of carbonyl (C=O) groups excluding carboxylic acids is 1. The van der Waals surface area contributed by atoms with Gasteiger partial charge in [0, 0.05) is 12.6 Å². The highest BCUT2D eigenvalue weighted by atomic mass is 19.3. The van der Waals surface area contributed by atoms with E-state index in [2.05, 4.69) is 10.3 Å². The third-order valence-electron chi connectivity index (χ3n) is 3.02. The number of amides is 1. The van der Waals surface area contributed by atoms with E-state index >= 15 is 0 Å². The number of hydrogen-bond acceptors (Lipinski definition) is 3. The number of carbonyl (C=O) groups is 1. The molecule has 21 heavy (non-hydrogen) atoms. The Hall–Kier alpha value is -2.31. The lowest BCUT2D eigenvalue weighted by Gasteiger charge is -2.22. The topological polar surface area (TPSA) is 61.7 Å². The molecule has 0 bridgehead atoms. The molecule has 1 unspecified atom stereocenters. The fourth-order valence-corrected chi connectivity index (χ4v) is 1.81. The lowest BCUT2D eigenvalue weighted by molar-refractivity contribution is -0.110. The Morgan fingerprint density at radius 1 is 1.38 bits per heavy atom. The summed E-state index contributed by atoms with van der Waals surface area (Å²) < 4.78 is 39.0. The maximum Gasteiger partial charge on any atom is 0.277 e. The van der Waals surface area contributed by atoms with Gasteiger partial charge in [-0.3, -0.25) is 9.79 Å². The molecule has 0 aromatic heterocycles. The molecule has 1 aromatic rings. The monoisotopic (exact) mass is 298 g/mol. The number of halogens is 3. The normalized spacial score (nSPS) is 18.8. The Balaban J connectivity index is 2.09. The summed E-state index contributed by atoms with van der Waals surface area (Å²) in [6.45, 7) is 0.431. The molecule has 0 fully saturated rings. The Morgan fingerprint density at radius 2 is 2.00 bits per heavy atom. The second-order valence-electron chi connectivity index (χ2n) is 4.76. The van der Waals surface area contributed by atoms with Gasteiger partial charge in [-0.1, -0.05) is 0 Å². The maximum atomic E-state index is 13.1. The van der Waals surface area contributed by atoms with Crippen LogP contribution in [0.1, 0.15) is 6.92 Å². The first-order valence-corrected chi connectivity index (χ1v) is 6.17. The van der Waals surface area contributed by atoms with Gasteiger partial charge in [-0.05, 0) is 30.3 Å². The largest absolute Gasteiger partial charge is 0.506 e. The predicted molar refractivity (Wildman–Crippen MR) is 72.2 cm³/mol. The van der Waals surface area contributed by atoms with E-state index in [1.165, 1.54) is 12.1 Å². The van der Waals surface area contributed by atoms with Gasteiger partial charge in [-0.25, -0.2) is 13.2 Å². The lowest BCUT2D eigenvalue weighted by Crippen LogP contribution is -2.33. The van der Waals surface area contributed by atoms with Crippen molar-refractivity contribution in [2.45, 2.75) is 12.8 Å². The Morgan fingerprint density at radius 3 is 2.52 bits per heavy atom. The highest BCUT2D eigenvalue weighted by molar-refractivity contribution is 6.48. The van der Waals surface area contributed by atoms with Crippen LogP contribution < -0.4 is 5.32 Å². The zero-order valence-corrected chi connectivity index (χ0v) is 11.1. The van der Waals surface area contributed by atoms with Gasteiger partial charge in [-0.15, -0.1) is 0 Å². The van der Waals surface area contributed by atoms with Gasteiger partial charge in [0.1, 0.15) is 11.6 Å². The summed E-state index contributed by atoms with van der Waals surface area (Å²) in [4.78, 5) is 15.6. The van der Waals surface area contributed by atoms with Crippen LogP contribution in [0, 0.1) is 11.7 Å². The van der Waals surface area contributed by atoms with Crippen molar-refractivity contribution in [3.8, 4) is 0 Å². The molecule has 0 saturated carbocycles. The molecule has 2 N–H and O–H groups in total. The summed E-state index contributed by atoms with van der Waals surface area (Å²) in [6, 6.07) is 4.98. The van der Waals surface area contributed by atoms with Gasteiger partial charge >= 0.3 is 0 Å². The van der Waals surface area contributed by atoms with E-state index in [0.717, 1.165) is 25.1 Å². The lowest BCUT2D eigenvalue weighted by atomic mass is 9.98. The van der Waals surface area contributed by atoms with Gasteiger partial charge in [0.2, 0.25) is 0 Å². The average Bonchev–Trinajstić information content (AvgIpc) is 2.40. The zero-order chi connectivity index (χ0) is 15.6. The smallest absolute Gasteiger partial charge is 0.277 e. The van der Waals surface area contributed by atoms with Crippen molar-refractivity contribution < 1.29 is 23.1 Å². The van der Waals surface area contributed by atoms with Gasteiger partial charge < -0.3 is 10.4 Å². The van der Waals surface area contributed by atoms with E-state index in [0.29, 0.717) is 5.69 Å². The van der Waals surface area contributed by atoms with Gasteiger partial charge in [0.25, 0.3) is 11.8 Å². The van der Waals surface area contributed by atoms with Crippen molar-refractivity contribution >= 4 is 17.3 Å². The summed E-state index contributed by atoms with van der Waals surface area (Å²) in [7, 11) is 0. The summed E-state index contributed by atoms with van der Waals surface area (Å²) in [5.41, 5.74) is -0.0142. The number of anilines is 1.